The van der Waals surface area contributed by atoms with Gasteiger partial charge in [0.1, 0.15) is 18.5 Å². The van der Waals surface area contributed by atoms with Crippen LogP contribution >= 0.6 is 11.6 Å². The van der Waals surface area contributed by atoms with Gasteiger partial charge < -0.3 is 19.7 Å². The van der Waals surface area contributed by atoms with Crippen LogP contribution in [0.4, 0.5) is 0 Å². The number of likely N-dealkylation sites (N-methyl/N-ethyl adjacent to an activating group) is 1. The van der Waals surface area contributed by atoms with E-state index < -0.39 is 18.0 Å². The van der Waals surface area contributed by atoms with Gasteiger partial charge in [0.25, 0.3) is 0 Å². The molecule has 1 atom stereocenters. The summed E-state index contributed by atoms with van der Waals surface area (Å²) in [6.45, 7) is 2.53. The highest BCUT2D eigenvalue weighted by atomic mass is 35.5. The summed E-state index contributed by atoms with van der Waals surface area (Å²) in [5, 5.41) is 26.5. The number of ether oxygens (including phenoxy) is 1. The van der Waals surface area contributed by atoms with Crippen LogP contribution in [0, 0.1) is 0 Å². The molecule has 4 aromatic rings. The van der Waals surface area contributed by atoms with Crippen LogP contribution in [0.15, 0.2) is 48.5 Å². The topological polar surface area (TPSA) is 148 Å². The molecule has 3 N–H and O–H groups in total. The van der Waals surface area contributed by atoms with Crippen molar-refractivity contribution in [3.8, 4) is 22.5 Å². The number of imidazole rings is 1. The van der Waals surface area contributed by atoms with Gasteiger partial charge in [-0.15, -0.1) is 10.2 Å². The fourth-order valence-electron chi connectivity index (χ4n) is 4.42. The highest BCUT2D eigenvalue weighted by molar-refractivity contribution is 6.30. The van der Waals surface area contributed by atoms with Gasteiger partial charge in [0.2, 0.25) is 5.82 Å². The number of aliphatic carboxylic acids is 1. The molecule has 40 heavy (non-hydrogen) atoms. The molecule has 4 rings (SSSR count). The predicted octanol–water partition coefficient (Wildman–Crippen LogP) is 4.27. The first-order chi connectivity index (χ1) is 19.4. The summed E-state index contributed by atoms with van der Waals surface area (Å²) in [7, 11) is 1.60. The molecule has 12 heteroatoms. The minimum atomic E-state index is -0.973. The summed E-state index contributed by atoms with van der Waals surface area (Å²) >= 11 is 6.53. The van der Waals surface area contributed by atoms with Crippen molar-refractivity contribution >= 4 is 23.5 Å². The molecule has 0 saturated heterocycles. The lowest BCUT2D eigenvalue weighted by Crippen LogP contribution is -2.36. The number of carbonyl (C=O) groups is 2. The van der Waals surface area contributed by atoms with Crippen molar-refractivity contribution in [2.24, 2.45) is 0 Å². The Morgan fingerprint density at radius 1 is 1.15 bits per heavy atom. The number of halogens is 1. The largest absolute Gasteiger partial charge is 0.481 e. The second kappa shape index (κ2) is 13.8. The molecule has 0 spiro atoms. The van der Waals surface area contributed by atoms with Gasteiger partial charge in [-0.05, 0) is 41.8 Å². The number of tetrazole rings is 1. The number of unbranched alkanes of at least 4 members (excludes halogenated alkanes) is 1. The van der Waals surface area contributed by atoms with E-state index in [9.17, 15) is 9.59 Å². The van der Waals surface area contributed by atoms with E-state index in [1.807, 2.05) is 53.1 Å². The quantitative estimate of drug-likeness (QED) is 0.191. The van der Waals surface area contributed by atoms with Crippen LogP contribution in [0.3, 0.4) is 0 Å². The average molecular weight is 566 g/mol. The highest BCUT2D eigenvalue weighted by Crippen LogP contribution is 2.30. The zero-order chi connectivity index (χ0) is 28.5. The van der Waals surface area contributed by atoms with E-state index in [1.165, 1.54) is 0 Å². The van der Waals surface area contributed by atoms with E-state index in [0.29, 0.717) is 18.1 Å². The third-order valence-corrected chi connectivity index (χ3v) is 6.91. The maximum Gasteiger partial charge on any atom is 0.323 e. The lowest BCUT2D eigenvalue weighted by atomic mass is 9.98. The molecule has 2 aromatic carbocycles. The van der Waals surface area contributed by atoms with Crippen LogP contribution in [-0.4, -0.2) is 60.3 Å². The minimum absolute atomic E-state index is 0.0712. The fourth-order valence-corrected chi connectivity index (χ4v) is 4.68. The van der Waals surface area contributed by atoms with Crippen LogP contribution in [0.25, 0.3) is 22.5 Å². The molecule has 210 valence electrons. The number of esters is 1. The van der Waals surface area contributed by atoms with Gasteiger partial charge in [0.05, 0.1) is 5.69 Å². The van der Waals surface area contributed by atoms with Gasteiger partial charge in [-0.2, -0.15) is 5.21 Å². The number of carboxylic acids is 1. The number of hydrogen-bond donors (Lipinski definition) is 3. The van der Waals surface area contributed by atoms with E-state index in [0.717, 1.165) is 47.3 Å². The lowest BCUT2D eigenvalue weighted by Gasteiger charge is -2.16. The van der Waals surface area contributed by atoms with Gasteiger partial charge in [-0.1, -0.05) is 73.5 Å². The zero-order valence-electron chi connectivity index (χ0n) is 22.4. The number of carboxylic acid groups (broad SMARTS) is 1. The van der Waals surface area contributed by atoms with Crippen LogP contribution in [0.5, 0.6) is 0 Å². The van der Waals surface area contributed by atoms with Crippen molar-refractivity contribution in [1.29, 1.82) is 0 Å². The molecule has 0 radical (unpaired) electrons. The normalized spacial score (nSPS) is 11.9. The van der Waals surface area contributed by atoms with Crippen molar-refractivity contribution in [3.05, 3.63) is 70.8 Å². The van der Waals surface area contributed by atoms with E-state index in [4.69, 9.17) is 21.4 Å². The van der Waals surface area contributed by atoms with Crippen LogP contribution in [0.2, 0.25) is 5.15 Å². The van der Waals surface area contributed by atoms with Crippen LogP contribution in [0.1, 0.15) is 49.7 Å². The van der Waals surface area contributed by atoms with Gasteiger partial charge in [0, 0.05) is 24.9 Å². The summed E-state index contributed by atoms with van der Waals surface area (Å²) < 4.78 is 7.56. The lowest BCUT2D eigenvalue weighted by molar-refractivity contribution is -0.148. The van der Waals surface area contributed by atoms with Crippen LogP contribution in [-0.2, 0) is 33.9 Å². The molecule has 0 amide bonds. The van der Waals surface area contributed by atoms with Crippen molar-refractivity contribution < 1.29 is 19.4 Å². The molecule has 2 aromatic heterocycles. The van der Waals surface area contributed by atoms with Crippen molar-refractivity contribution in [2.45, 2.75) is 58.2 Å². The molecule has 11 nitrogen and oxygen atoms in total. The SMILES string of the molecule is CCCCc1nc(Cl)c(COC(=O)C(CCC(=O)O)NC)n1Cc1ccc(-c2ccccc2-c2nn[nH]n2)cc1. The number of aromatic nitrogens is 6. The van der Waals surface area contributed by atoms with E-state index in [-0.39, 0.29) is 24.6 Å². The number of benzene rings is 2. The van der Waals surface area contributed by atoms with Crippen molar-refractivity contribution in [1.82, 2.24) is 35.5 Å². The monoisotopic (exact) mass is 565 g/mol. The van der Waals surface area contributed by atoms with Crippen LogP contribution < -0.4 is 5.32 Å². The summed E-state index contributed by atoms with van der Waals surface area (Å²) in [5.74, 6) is -0.164. The molecule has 0 fully saturated rings. The summed E-state index contributed by atoms with van der Waals surface area (Å²) in [4.78, 5) is 28.1. The molecule has 2 heterocycles. The number of hydrogen-bond acceptors (Lipinski definition) is 8. The summed E-state index contributed by atoms with van der Waals surface area (Å²) in [5.41, 5.74) is 4.49. The highest BCUT2D eigenvalue weighted by Gasteiger charge is 2.22. The number of aromatic amines is 1. The smallest absolute Gasteiger partial charge is 0.323 e. The third kappa shape index (κ3) is 7.10. The Morgan fingerprint density at radius 2 is 1.90 bits per heavy atom. The first-order valence-corrected chi connectivity index (χ1v) is 13.5. The number of aryl methyl sites for hydroxylation is 1. The Labute approximate surface area is 236 Å². The van der Waals surface area contributed by atoms with E-state index in [1.54, 1.807) is 7.05 Å². The molecule has 0 saturated carbocycles. The maximum atomic E-state index is 12.6. The molecule has 0 aliphatic carbocycles. The molecule has 0 aliphatic heterocycles. The number of H-pyrrole nitrogens is 1. The fraction of sp³-hybridized carbons (Fsp3) is 0.357. The van der Waals surface area contributed by atoms with E-state index in [2.05, 4.69) is 37.8 Å². The summed E-state index contributed by atoms with van der Waals surface area (Å²) in [6.07, 6.45) is 2.65. The second-order valence-electron chi connectivity index (χ2n) is 9.31. The Hall–Kier alpha value is -4.09. The average Bonchev–Trinajstić information content (AvgIpc) is 3.59. The zero-order valence-corrected chi connectivity index (χ0v) is 23.2. The molecular formula is C28H32ClN7O4. The Balaban J connectivity index is 1.55. The number of nitrogens with one attached hydrogen (secondary N) is 2. The second-order valence-corrected chi connectivity index (χ2v) is 9.67. The van der Waals surface area contributed by atoms with Gasteiger partial charge in [-0.25, -0.2) is 4.98 Å². The molecule has 1 unspecified atom stereocenters. The number of nitrogens with zero attached hydrogens (tertiary/aromatic N) is 5. The van der Waals surface area contributed by atoms with Gasteiger partial charge in [-0.3, -0.25) is 9.59 Å². The van der Waals surface area contributed by atoms with E-state index >= 15 is 0 Å². The maximum absolute atomic E-state index is 12.6. The standard InChI is InChI=1S/C28H32ClN7O4/c1-3-4-9-24-31-26(29)23(17-40-28(39)22(30-2)14-15-25(37)38)36(24)16-18-10-12-19(13-11-18)20-7-5-6-8-21(20)27-32-34-35-33-27/h5-8,10-13,22,30H,3-4,9,14-17H2,1-2H3,(H,37,38)(H,32,33,34,35). The van der Waals surface area contributed by atoms with Gasteiger partial charge >= 0.3 is 11.9 Å². The first kappa shape index (κ1) is 28.9. The third-order valence-electron chi connectivity index (χ3n) is 6.61. The molecular weight excluding hydrogens is 534 g/mol. The van der Waals surface area contributed by atoms with Crippen molar-refractivity contribution in [3.63, 3.8) is 0 Å². The van der Waals surface area contributed by atoms with Gasteiger partial charge in [0.15, 0.2) is 5.15 Å². The first-order valence-electron chi connectivity index (χ1n) is 13.1. The predicted molar refractivity (Wildman–Crippen MR) is 150 cm³/mol. The Morgan fingerprint density at radius 3 is 2.55 bits per heavy atom. The molecule has 0 aliphatic rings. The summed E-state index contributed by atoms with van der Waals surface area (Å²) in [6, 6.07) is 15.3. The van der Waals surface area contributed by atoms with Crippen molar-refractivity contribution in [2.75, 3.05) is 7.05 Å². The number of rotatable bonds is 14. The molecule has 0 bridgehead atoms. The number of carbonyl (C=O) groups excluding carboxylic acids is 1. The minimum Gasteiger partial charge on any atom is -0.481 e. The Kier molecular flexibility index (Phi) is 9.98. The Bertz CT molecular complexity index is 1420.